The smallest absolute Gasteiger partial charge is 0.325 e. The van der Waals surface area contributed by atoms with Crippen molar-refractivity contribution < 1.29 is 26.4 Å². The lowest BCUT2D eigenvalue weighted by Crippen LogP contribution is -2.43. The van der Waals surface area contributed by atoms with Crippen molar-refractivity contribution in [2.75, 3.05) is 11.9 Å². The van der Waals surface area contributed by atoms with E-state index in [0.29, 0.717) is 6.42 Å². The third-order valence-electron chi connectivity index (χ3n) is 4.39. The van der Waals surface area contributed by atoms with Crippen LogP contribution in [0.4, 0.5) is 18.9 Å². The molecule has 0 radical (unpaired) electrons. The minimum Gasteiger partial charge on any atom is -0.325 e. The van der Waals surface area contributed by atoms with Gasteiger partial charge in [0, 0.05) is 12.2 Å². The van der Waals surface area contributed by atoms with E-state index in [0.717, 1.165) is 16.4 Å². The SMILES string of the molecule is O=C(Nc1cccc(C(F)(F)F)c1)[C@@H]1CCCN1S(=O)(=O)c1ccccc1Cl. The molecule has 150 valence electrons. The Balaban J connectivity index is 1.83. The quantitative estimate of drug-likeness (QED) is 0.789. The van der Waals surface area contributed by atoms with E-state index in [4.69, 9.17) is 11.6 Å². The third-order valence-corrected chi connectivity index (χ3v) is 6.80. The number of halogens is 4. The molecule has 1 N–H and O–H groups in total. The van der Waals surface area contributed by atoms with E-state index >= 15 is 0 Å². The van der Waals surface area contributed by atoms with Gasteiger partial charge in [-0.15, -0.1) is 0 Å². The van der Waals surface area contributed by atoms with Gasteiger partial charge >= 0.3 is 6.18 Å². The first-order valence-corrected chi connectivity index (χ1v) is 10.2. The Bertz CT molecular complexity index is 996. The Morgan fingerprint density at radius 1 is 1.14 bits per heavy atom. The van der Waals surface area contributed by atoms with Gasteiger partial charge in [0.25, 0.3) is 0 Å². The first kappa shape index (κ1) is 20.6. The molecular weight excluding hydrogens is 417 g/mol. The second-order valence-corrected chi connectivity index (χ2v) is 8.54. The Morgan fingerprint density at radius 3 is 2.54 bits per heavy atom. The predicted octanol–water partition coefficient (Wildman–Crippen LogP) is 4.15. The Morgan fingerprint density at radius 2 is 1.86 bits per heavy atom. The number of alkyl halides is 3. The molecule has 1 heterocycles. The van der Waals surface area contributed by atoms with Crippen LogP contribution in [0.25, 0.3) is 0 Å². The van der Waals surface area contributed by atoms with E-state index in [2.05, 4.69) is 5.32 Å². The molecule has 1 amide bonds. The number of anilines is 1. The summed E-state index contributed by atoms with van der Waals surface area (Å²) in [5.74, 6) is -0.688. The van der Waals surface area contributed by atoms with Crippen molar-refractivity contribution in [1.82, 2.24) is 4.31 Å². The summed E-state index contributed by atoms with van der Waals surface area (Å²) in [5.41, 5.74) is -0.959. The zero-order valence-corrected chi connectivity index (χ0v) is 16.0. The van der Waals surface area contributed by atoms with Gasteiger partial charge in [0.2, 0.25) is 15.9 Å². The van der Waals surface area contributed by atoms with Gasteiger partial charge in [0.05, 0.1) is 10.6 Å². The molecule has 0 aliphatic carbocycles. The van der Waals surface area contributed by atoms with Crippen LogP contribution in [0.5, 0.6) is 0 Å². The van der Waals surface area contributed by atoms with Crippen molar-refractivity contribution >= 4 is 33.2 Å². The van der Waals surface area contributed by atoms with Gasteiger partial charge < -0.3 is 5.32 Å². The number of benzene rings is 2. The van der Waals surface area contributed by atoms with Crippen molar-refractivity contribution in [3.05, 3.63) is 59.1 Å². The van der Waals surface area contributed by atoms with E-state index in [1.807, 2.05) is 0 Å². The van der Waals surface area contributed by atoms with Crippen LogP contribution in [-0.4, -0.2) is 31.2 Å². The summed E-state index contributed by atoms with van der Waals surface area (Å²) in [6, 6.07) is 9.03. The molecule has 1 atom stereocenters. The summed E-state index contributed by atoms with van der Waals surface area (Å²) < 4.78 is 65.4. The maximum atomic E-state index is 12.9. The van der Waals surface area contributed by atoms with Crippen LogP contribution in [0.3, 0.4) is 0 Å². The van der Waals surface area contributed by atoms with Crippen molar-refractivity contribution in [2.45, 2.75) is 30.0 Å². The van der Waals surface area contributed by atoms with Crippen LogP contribution in [-0.2, 0) is 21.0 Å². The first-order chi connectivity index (χ1) is 13.1. The summed E-state index contributed by atoms with van der Waals surface area (Å²) in [6.07, 6.45) is -3.84. The number of nitrogens with one attached hydrogen (secondary N) is 1. The summed E-state index contributed by atoms with van der Waals surface area (Å²) in [4.78, 5) is 12.5. The highest BCUT2D eigenvalue weighted by atomic mass is 35.5. The second-order valence-electron chi connectivity index (χ2n) is 6.27. The lowest BCUT2D eigenvalue weighted by molar-refractivity contribution is -0.137. The van der Waals surface area contributed by atoms with E-state index in [-0.39, 0.29) is 28.6 Å². The molecular formula is C18H16ClF3N2O3S. The molecule has 0 spiro atoms. The van der Waals surface area contributed by atoms with Gasteiger partial charge in [0.15, 0.2) is 0 Å². The molecule has 2 aromatic rings. The number of hydrogen-bond donors (Lipinski definition) is 1. The minimum absolute atomic E-state index is 0.0337. The van der Waals surface area contributed by atoms with E-state index in [9.17, 15) is 26.4 Å². The van der Waals surface area contributed by atoms with E-state index in [1.165, 1.54) is 30.3 Å². The predicted molar refractivity (Wildman–Crippen MR) is 98.4 cm³/mol. The average Bonchev–Trinajstić information content (AvgIpc) is 3.12. The van der Waals surface area contributed by atoms with Crippen LogP contribution in [0.2, 0.25) is 5.02 Å². The van der Waals surface area contributed by atoms with Crippen molar-refractivity contribution in [2.24, 2.45) is 0 Å². The molecule has 28 heavy (non-hydrogen) atoms. The normalized spacial score (nSPS) is 18.2. The summed E-state index contributed by atoms with van der Waals surface area (Å²) in [6.45, 7) is 0.119. The molecule has 5 nitrogen and oxygen atoms in total. The Hall–Kier alpha value is -2.10. The molecule has 1 fully saturated rings. The topological polar surface area (TPSA) is 66.5 Å². The second kappa shape index (κ2) is 7.73. The number of carbonyl (C=O) groups is 1. The molecule has 0 saturated carbocycles. The molecule has 10 heteroatoms. The lowest BCUT2D eigenvalue weighted by atomic mass is 10.1. The maximum Gasteiger partial charge on any atom is 0.416 e. The number of hydrogen-bond acceptors (Lipinski definition) is 3. The zero-order chi connectivity index (χ0) is 20.5. The number of rotatable bonds is 4. The van der Waals surface area contributed by atoms with Gasteiger partial charge in [-0.2, -0.15) is 17.5 Å². The van der Waals surface area contributed by atoms with Gasteiger partial charge in [-0.05, 0) is 43.2 Å². The van der Waals surface area contributed by atoms with Crippen LogP contribution in [0.1, 0.15) is 18.4 Å². The Labute approximate surface area is 165 Å². The van der Waals surface area contributed by atoms with Crippen molar-refractivity contribution in [3.63, 3.8) is 0 Å². The van der Waals surface area contributed by atoms with Crippen molar-refractivity contribution in [1.29, 1.82) is 0 Å². The fraction of sp³-hybridized carbons (Fsp3) is 0.278. The van der Waals surface area contributed by atoms with Gasteiger partial charge in [-0.1, -0.05) is 29.8 Å². The molecule has 1 aliphatic rings. The highest BCUT2D eigenvalue weighted by Crippen LogP contribution is 2.32. The van der Waals surface area contributed by atoms with Gasteiger partial charge in [-0.3, -0.25) is 4.79 Å². The highest BCUT2D eigenvalue weighted by molar-refractivity contribution is 7.89. The molecule has 2 aromatic carbocycles. The van der Waals surface area contributed by atoms with Crippen LogP contribution in [0, 0.1) is 0 Å². The number of nitrogens with zero attached hydrogens (tertiary/aromatic N) is 1. The Kier molecular flexibility index (Phi) is 5.69. The summed E-state index contributed by atoms with van der Waals surface area (Å²) >= 11 is 5.99. The summed E-state index contributed by atoms with van der Waals surface area (Å²) in [7, 11) is -4.03. The fourth-order valence-electron chi connectivity index (χ4n) is 3.07. The molecule has 1 saturated heterocycles. The molecule has 0 bridgehead atoms. The molecule has 0 aromatic heterocycles. The van der Waals surface area contributed by atoms with Crippen LogP contribution >= 0.6 is 11.6 Å². The highest BCUT2D eigenvalue weighted by Gasteiger charge is 2.40. The van der Waals surface area contributed by atoms with Crippen LogP contribution < -0.4 is 5.32 Å². The van der Waals surface area contributed by atoms with Gasteiger partial charge in [-0.25, -0.2) is 8.42 Å². The molecule has 3 rings (SSSR count). The molecule has 1 aliphatic heterocycles. The molecule has 0 unspecified atom stereocenters. The number of carbonyl (C=O) groups excluding carboxylic acids is 1. The monoisotopic (exact) mass is 432 g/mol. The lowest BCUT2D eigenvalue weighted by Gasteiger charge is -2.24. The number of amides is 1. The largest absolute Gasteiger partial charge is 0.416 e. The van der Waals surface area contributed by atoms with E-state index in [1.54, 1.807) is 6.07 Å². The fourth-order valence-corrected chi connectivity index (χ4v) is 5.22. The van der Waals surface area contributed by atoms with Crippen molar-refractivity contribution in [3.8, 4) is 0 Å². The standard InChI is InChI=1S/C18H16ClF3N2O3S/c19-14-7-1-2-9-16(14)28(26,27)24-10-4-8-15(24)17(25)23-13-6-3-5-12(11-13)18(20,21)22/h1-3,5-7,9,11,15H,4,8,10H2,(H,23,25)/t15-/m0/s1. The minimum atomic E-state index is -4.55. The number of sulfonamides is 1. The third kappa shape index (κ3) is 4.16. The zero-order valence-electron chi connectivity index (χ0n) is 14.4. The summed E-state index contributed by atoms with van der Waals surface area (Å²) in [5, 5.41) is 2.42. The van der Waals surface area contributed by atoms with E-state index < -0.39 is 33.7 Å². The average molecular weight is 433 g/mol. The maximum absolute atomic E-state index is 12.9. The van der Waals surface area contributed by atoms with Gasteiger partial charge in [0.1, 0.15) is 10.9 Å². The van der Waals surface area contributed by atoms with Crippen LogP contribution in [0.15, 0.2) is 53.4 Å². The first-order valence-electron chi connectivity index (χ1n) is 8.35.